The molecule has 0 unspecified atom stereocenters. The molecule has 1 aromatic heterocycles. The molecule has 5 nitrogen and oxygen atoms in total. The van der Waals surface area contributed by atoms with Crippen LogP contribution >= 0.6 is 11.8 Å². The van der Waals surface area contributed by atoms with Crippen molar-refractivity contribution >= 4 is 29.3 Å². The maximum Gasteiger partial charge on any atom is 0.232 e. The Labute approximate surface area is 122 Å². The molecule has 2 rings (SSSR count). The molecular weight excluding hydrogens is 270 g/mol. The Balaban J connectivity index is 2.06. The Morgan fingerprint density at radius 2 is 2.00 bits per heavy atom. The van der Waals surface area contributed by atoms with Crippen molar-refractivity contribution in [2.24, 2.45) is 0 Å². The molecule has 0 amide bonds. The maximum atomic E-state index is 5.72. The van der Waals surface area contributed by atoms with Crippen molar-refractivity contribution < 1.29 is 0 Å². The summed E-state index contributed by atoms with van der Waals surface area (Å²) < 4.78 is 0. The normalized spacial score (nSPS) is 10.2. The lowest BCUT2D eigenvalue weighted by Crippen LogP contribution is -2.06. The van der Waals surface area contributed by atoms with Crippen LogP contribution in [-0.2, 0) is 5.75 Å². The third-order valence-corrected chi connectivity index (χ3v) is 3.47. The van der Waals surface area contributed by atoms with Gasteiger partial charge in [-0.2, -0.15) is 15.0 Å². The highest BCUT2D eigenvalue weighted by Gasteiger charge is 2.05. The third kappa shape index (κ3) is 4.55. The van der Waals surface area contributed by atoms with Crippen LogP contribution in [0.4, 0.5) is 17.6 Å². The van der Waals surface area contributed by atoms with E-state index < -0.39 is 0 Å². The Morgan fingerprint density at radius 1 is 1.25 bits per heavy atom. The molecule has 1 aromatic carbocycles. The lowest BCUT2D eigenvalue weighted by molar-refractivity contribution is 0.982. The zero-order chi connectivity index (χ0) is 14.4. The Morgan fingerprint density at radius 3 is 2.70 bits per heavy atom. The number of nitrogens with two attached hydrogens (primary N) is 1. The van der Waals surface area contributed by atoms with Crippen LogP contribution in [0.1, 0.15) is 12.7 Å². The first kappa shape index (κ1) is 14.3. The van der Waals surface area contributed by atoms with E-state index >= 15 is 0 Å². The molecule has 104 valence electrons. The summed E-state index contributed by atoms with van der Waals surface area (Å²) in [6.45, 7) is 5.86. The van der Waals surface area contributed by atoms with Crippen molar-refractivity contribution in [3.63, 3.8) is 0 Å². The van der Waals surface area contributed by atoms with Crippen LogP contribution in [0.3, 0.4) is 0 Å². The summed E-state index contributed by atoms with van der Waals surface area (Å²) in [6, 6.07) is 9.71. The van der Waals surface area contributed by atoms with Gasteiger partial charge >= 0.3 is 0 Å². The van der Waals surface area contributed by atoms with Gasteiger partial charge in [0.25, 0.3) is 0 Å². The molecule has 6 heteroatoms. The first-order chi connectivity index (χ1) is 9.63. The fourth-order valence-electron chi connectivity index (χ4n) is 1.53. The van der Waals surface area contributed by atoms with E-state index in [1.807, 2.05) is 37.3 Å². The van der Waals surface area contributed by atoms with Crippen LogP contribution in [0.25, 0.3) is 0 Å². The number of hydrogen-bond donors (Lipinski definition) is 2. The minimum atomic E-state index is 0.226. The predicted molar refractivity (Wildman–Crippen MR) is 84.9 cm³/mol. The van der Waals surface area contributed by atoms with Gasteiger partial charge < -0.3 is 11.1 Å². The number of para-hydroxylation sites is 1. The maximum absolute atomic E-state index is 5.72. The standard InChI is InChI=1S/C14H17N5S/c1-10(2)8-20-9-12-17-13(15)19-14(18-12)16-11-6-4-3-5-7-11/h3-7H,1,8-9H2,2H3,(H3,15,16,17,18,19). The highest BCUT2D eigenvalue weighted by molar-refractivity contribution is 7.98. The number of aromatic nitrogens is 3. The van der Waals surface area contributed by atoms with Crippen LogP contribution in [0, 0.1) is 0 Å². The minimum absolute atomic E-state index is 0.226. The van der Waals surface area contributed by atoms with E-state index in [0.717, 1.165) is 17.0 Å². The number of benzene rings is 1. The first-order valence-electron chi connectivity index (χ1n) is 6.18. The largest absolute Gasteiger partial charge is 0.368 e. The van der Waals surface area contributed by atoms with Crippen LogP contribution < -0.4 is 11.1 Å². The fourth-order valence-corrected chi connectivity index (χ4v) is 2.29. The average Bonchev–Trinajstić information content (AvgIpc) is 2.38. The molecule has 0 saturated heterocycles. The summed E-state index contributed by atoms with van der Waals surface area (Å²) in [4.78, 5) is 12.6. The van der Waals surface area contributed by atoms with Gasteiger partial charge in [-0.25, -0.2) is 0 Å². The monoisotopic (exact) mass is 287 g/mol. The molecule has 0 bridgehead atoms. The Bertz CT molecular complexity index is 585. The van der Waals surface area contributed by atoms with E-state index in [4.69, 9.17) is 5.73 Å². The summed E-state index contributed by atoms with van der Waals surface area (Å²) in [5, 5.41) is 3.12. The van der Waals surface area contributed by atoms with E-state index in [-0.39, 0.29) is 5.95 Å². The van der Waals surface area contributed by atoms with E-state index in [0.29, 0.717) is 17.5 Å². The summed E-state index contributed by atoms with van der Waals surface area (Å²) in [6.07, 6.45) is 0. The van der Waals surface area contributed by atoms with Gasteiger partial charge in [-0.15, -0.1) is 11.8 Å². The van der Waals surface area contributed by atoms with Crippen molar-refractivity contribution in [2.45, 2.75) is 12.7 Å². The van der Waals surface area contributed by atoms with Gasteiger partial charge in [0.1, 0.15) is 5.82 Å². The van der Waals surface area contributed by atoms with Crippen LogP contribution in [0.2, 0.25) is 0 Å². The highest BCUT2D eigenvalue weighted by Crippen LogP contribution is 2.16. The molecule has 0 aliphatic carbocycles. The molecule has 0 spiro atoms. The fraction of sp³-hybridized carbons (Fsp3) is 0.214. The molecule has 0 aliphatic heterocycles. The number of hydrogen-bond acceptors (Lipinski definition) is 6. The molecule has 0 radical (unpaired) electrons. The first-order valence-corrected chi connectivity index (χ1v) is 7.33. The molecule has 20 heavy (non-hydrogen) atoms. The van der Waals surface area contributed by atoms with Gasteiger partial charge in [0.15, 0.2) is 0 Å². The molecular formula is C14H17N5S. The number of nitrogen functional groups attached to an aromatic ring is 1. The van der Waals surface area contributed by atoms with Crippen molar-refractivity contribution in [2.75, 3.05) is 16.8 Å². The Hall–Kier alpha value is -2.08. The summed E-state index contributed by atoms with van der Waals surface area (Å²) >= 11 is 1.70. The second-order valence-electron chi connectivity index (χ2n) is 4.37. The molecule has 2 aromatic rings. The second kappa shape index (κ2) is 6.91. The molecule has 0 fully saturated rings. The third-order valence-electron chi connectivity index (χ3n) is 2.31. The number of nitrogens with one attached hydrogen (secondary N) is 1. The predicted octanol–water partition coefficient (Wildman–Crippen LogP) is 3.01. The highest BCUT2D eigenvalue weighted by atomic mass is 32.2. The van der Waals surface area contributed by atoms with Gasteiger partial charge in [-0.1, -0.05) is 30.4 Å². The quantitative estimate of drug-likeness (QED) is 0.795. The van der Waals surface area contributed by atoms with Crippen LogP contribution in [-0.4, -0.2) is 20.7 Å². The van der Waals surface area contributed by atoms with Crippen LogP contribution in [0.15, 0.2) is 42.5 Å². The molecule has 3 N–H and O–H groups in total. The second-order valence-corrected chi connectivity index (χ2v) is 5.36. The lowest BCUT2D eigenvalue weighted by atomic mass is 10.3. The molecule has 1 heterocycles. The van der Waals surface area contributed by atoms with Gasteiger partial charge in [-0.05, 0) is 19.1 Å². The topological polar surface area (TPSA) is 76.7 Å². The lowest BCUT2D eigenvalue weighted by Gasteiger charge is -2.07. The smallest absolute Gasteiger partial charge is 0.232 e. The number of rotatable bonds is 6. The van der Waals surface area contributed by atoms with E-state index in [2.05, 4.69) is 26.8 Å². The van der Waals surface area contributed by atoms with Gasteiger partial charge in [-0.3, -0.25) is 0 Å². The van der Waals surface area contributed by atoms with Gasteiger partial charge in [0.05, 0.1) is 5.75 Å². The summed E-state index contributed by atoms with van der Waals surface area (Å²) in [5.74, 6) is 2.93. The van der Waals surface area contributed by atoms with Gasteiger partial charge in [0, 0.05) is 11.4 Å². The summed E-state index contributed by atoms with van der Waals surface area (Å²) in [5.41, 5.74) is 7.76. The molecule has 0 atom stereocenters. The Kier molecular flexibility index (Phi) is 4.95. The van der Waals surface area contributed by atoms with Crippen molar-refractivity contribution in [3.8, 4) is 0 Å². The summed E-state index contributed by atoms with van der Waals surface area (Å²) in [7, 11) is 0. The number of thioether (sulfide) groups is 1. The van der Waals surface area contributed by atoms with Crippen molar-refractivity contribution in [3.05, 3.63) is 48.3 Å². The zero-order valence-electron chi connectivity index (χ0n) is 11.3. The van der Waals surface area contributed by atoms with E-state index in [9.17, 15) is 0 Å². The average molecular weight is 287 g/mol. The van der Waals surface area contributed by atoms with E-state index in [1.165, 1.54) is 0 Å². The van der Waals surface area contributed by atoms with Gasteiger partial charge in [0.2, 0.25) is 11.9 Å². The number of nitrogens with zero attached hydrogens (tertiary/aromatic N) is 3. The molecule has 0 saturated carbocycles. The van der Waals surface area contributed by atoms with Crippen LogP contribution in [0.5, 0.6) is 0 Å². The molecule has 0 aliphatic rings. The number of anilines is 3. The minimum Gasteiger partial charge on any atom is -0.368 e. The zero-order valence-corrected chi connectivity index (χ0v) is 12.2. The van der Waals surface area contributed by atoms with E-state index in [1.54, 1.807) is 11.8 Å². The SMILES string of the molecule is C=C(C)CSCc1nc(N)nc(Nc2ccccc2)n1. The van der Waals surface area contributed by atoms with Crippen molar-refractivity contribution in [1.82, 2.24) is 15.0 Å². The van der Waals surface area contributed by atoms with Crippen molar-refractivity contribution in [1.29, 1.82) is 0 Å².